The summed E-state index contributed by atoms with van der Waals surface area (Å²) in [5.74, 6) is -0.0203. The molecule has 1 aliphatic heterocycles. The van der Waals surface area contributed by atoms with Crippen LogP contribution in [-0.2, 0) is 9.53 Å². The average Bonchev–Trinajstić information content (AvgIpc) is 2.76. The summed E-state index contributed by atoms with van der Waals surface area (Å²) in [5.41, 5.74) is 4.14. The van der Waals surface area contributed by atoms with E-state index in [0.717, 1.165) is 16.7 Å². The van der Waals surface area contributed by atoms with Crippen molar-refractivity contribution in [2.24, 2.45) is 0 Å². The molecule has 1 heterocycles. The third-order valence-corrected chi connectivity index (χ3v) is 5.45. The molecule has 0 saturated carbocycles. The van der Waals surface area contributed by atoms with Crippen molar-refractivity contribution in [3.8, 4) is 5.75 Å². The Hall–Kier alpha value is -3.61. The van der Waals surface area contributed by atoms with Crippen LogP contribution in [0.4, 0.5) is 4.79 Å². The van der Waals surface area contributed by atoms with Gasteiger partial charge < -0.3 is 14.8 Å². The van der Waals surface area contributed by atoms with Gasteiger partial charge in [0.05, 0.1) is 23.9 Å². The normalized spacial score (nSPS) is 16.0. The van der Waals surface area contributed by atoms with E-state index in [1.54, 1.807) is 38.2 Å². The van der Waals surface area contributed by atoms with Crippen LogP contribution in [0.3, 0.4) is 0 Å². The molecule has 0 radical (unpaired) electrons. The van der Waals surface area contributed by atoms with Gasteiger partial charge in [-0.3, -0.25) is 9.69 Å². The minimum absolute atomic E-state index is 0.0150. The molecule has 168 valence electrons. The Morgan fingerprint density at radius 3 is 2.41 bits per heavy atom. The number of aryl methyl sites for hydroxylation is 2. The van der Waals surface area contributed by atoms with Gasteiger partial charge in [-0.1, -0.05) is 23.8 Å². The average molecular weight is 437 g/mol. The van der Waals surface area contributed by atoms with Crippen LogP contribution >= 0.6 is 0 Å². The van der Waals surface area contributed by atoms with Crippen molar-refractivity contribution in [1.29, 1.82) is 0 Å². The van der Waals surface area contributed by atoms with E-state index >= 15 is 0 Å². The molecule has 32 heavy (non-hydrogen) atoms. The molecule has 0 saturated heterocycles. The summed E-state index contributed by atoms with van der Waals surface area (Å²) >= 11 is 0. The maximum Gasteiger partial charge on any atom is 0.338 e. The molecule has 1 atom stereocenters. The van der Waals surface area contributed by atoms with Crippen LogP contribution in [-0.4, -0.2) is 42.9 Å². The van der Waals surface area contributed by atoms with Crippen LogP contribution in [0.15, 0.2) is 53.7 Å². The number of rotatable bonds is 7. The summed E-state index contributed by atoms with van der Waals surface area (Å²) in [6.07, 6.45) is 0. The largest absolute Gasteiger partial charge is 0.487 e. The van der Waals surface area contributed by atoms with E-state index in [1.165, 1.54) is 11.8 Å². The van der Waals surface area contributed by atoms with Gasteiger partial charge in [-0.2, -0.15) is 0 Å². The number of urea groups is 1. The number of hydrogen-bond donors (Lipinski definition) is 1. The zero-order valence-corrected chi connectivity index (χ0v) is 19.0. The number of ether oxygens (including phenoxy) is 2. The molecule has 0 fully saturated rings. The molecule has 2 aromatic carbocycles. The second-order valence-corrected chi connectivity index (χ2v) is 7.75. The van der Waals surface area contributed by atoms with Crippen molar-refractivity contribution < 1.29 is 23.9 Å². The van der Waals surface area contributed by atoms with Gasteiger partial charge in [-0.25, -0.2) is 9.59 Å². The standard InChI is InChI=1S/C25H28N2O5/c1-6-31-24(29)22-21(14-32-19-11-9-18(10-12-19)17(4)28)27(5)25(30)26-23(22)20-13-15(2)7-8-16(20)3/h7-13,23H,6,14H2,1-5H3,(H,26,30)/t23-/m1/s1. The fourth-order valence-corrected chi connectivity index (χ4v) is 3.62. The Balaban J connectivity index is 2.03. The number of Topliss-reactive ketones (excluding diaryl/α,β-unsaturated/α-hetero) is 1. The molecule has 0 spiro atoms. The number of esters is 1. The molecule has 7 nitrogen and oxygen atoms in total. The van der Waals surface area contributed by atoms with Gasteiger partial charge >= 0.3 is 12.0 Å². The number of hydrogen-bond acceptors (Lipinski definition) is 5. The molecule has 0 aliphatic carbocycles. The summed E-state index contributed by atoms with van der Waals surface area (Å²) in [6.45, 7) is 7.33. The maximum absolute atomic E-state index is 13.0. The highest BCUT2D eigenvalue weighted by Gasteiger charge is 2.37. The van der Waals surface area contributed by atoms with Crippen LogP contribution in [0.25, 0.3) is 0 Å². The zero-order chi connectivity index (χ0) is 23.4. The highest BCUT2D eigenvalue weighted by atomic mass is 16.5. The van der Waals surface area contributed by atoms with Crippen molar-refractivity contribution in [3.63, 3.8) is 0 Å². The molecule has 2 amide bonds. The van der Waals surface area contributed by atoms with Crippen molar-refractivity contribution in [3.05, 3.63) is 76.0 Å². The lowest BCUT2D eigenvalue weighted by Crippen LogP contribution is -2.48. The van der Waals surface area contributed by atoms with Crippen molar-refractivity contribution in [2.75, 3.05) is 20.3 Å². The van der Waals surface area contributed by atoms with Crippen molar-refractivity contribution >= 4 is 17.8 Å². The predicted octanol–water partition coefficient (Wildman–Crippen LogP) is 4.10. The van der Waals surface area contributed by atoms with Gasteiger partial charge in [0.25, 0.3) is 0 Å². The first-order valence-corrected chi connectivity index (χ1v) is 10.5. The lowest BCUT2D eigenvalue weighted by atomic mass is 9.90. The van der Waals surface area contributed by atoms with Crippen LogP contribution in [0, 0.1) is 13.8 Å². The summed E-state index contributed by atoms with van der Waals surface area (Å²) in [6, 6.07) is 11.6. The molecular formula is C25H28N2O5. The summed E-state index contributed by atoms with van der Waals surface area (Å²) < 4.78 is 11.2. The predicted molar refractivity (Wildman–Crippen MR) is 121 cm³/mol. The van der Waals surface area contributed by atoms with E-state index in [4.69, 9.17) is 9.47 Å². The van der Waals surface area contributed by atoms with E-state index < -0.39 is 12.0 Å². The Kier molecular flexibility index (Phi) is 6.98. The number of carbonyl (C=O) groups is 3. The Labute approximate surface area is 188 Å². The number of nitrogens with one attached hydrogen (secondary N) is 1. The first kappa shape index (κ1) is 23.1. The highest BCUT2D eigenvalue weighted by molar-refractivity contribution is 5.95. The molecular weight excluding hydrogens is 408 g/mol. The van der Waals surface area contributed by atoms with Gasteiger partial charge in [0, 0.05) is 12.6 Å². The summed E-state index contributed by atoms with van der Waals surface area (Å²) in [7, 11) is 1.59. The minimum atomic E-state index is -0.656. The van der Waals surface area contributed by atoms with E-state index in [0.29, 0.717) is 22.6 Å². The Morgan fingerprint density at radius 2 is 1.78 bits per heavy atom. The number of amides is 2. The Bertz CT molecular complexity index is 1070. The lowest BCUT2D eigenvalue weighted by molar-refractivity contribution is -0.139. The van der Waals surface area contributed by atoms with Crippen LogP contribution in [0.5, 0.6) is 5.75 Å². The highest BCUT2D eigenvalue weighted by Crippen LogP contribution is 2.33. The maximum atomic E-state index is 13.0. The first-order chi connectivity index (χ1) is 15.2. The van der Waals surface area contributed by atoms with Gasteiger partial charge in [0.15, 0.2) is 5.78 Å². The van der Waals surface area contributed by atoms with Gasteiger partial charge in [-0.15, -0.1) is 0 Å². The fraction of sp³-hybridized carbons (Fsp3) is 0.320. The van der Waals surface area contributed by atoms with Gasteiger partial charge in [0.2, 0.25) is 0 Å². The Morgan fingerprint density at radius 1 is 1.09 bits per heavy atom. The number of ketones is 1. The lowest BCUT2D eigenvalue weighted by Gasteiger charge is -2.35. The van der Waals surface area contributed by atoms with Crippen molar-refractivity contribution in [2.45, 2.75) is 33.7 Å². The number of carbonyl (C=O) groups excluding carboxylic acids is 3. The third-order valence-electron chi connectivity index (χ3n) is 5.45. The zero-order valence-electron chi connectivity index (χ0n) is 19.0. The fourth-order valence-electron chi connectivity index (χ4n) is 3.62. The molecule has 0 unspecified atom stereocenters. The van der Waals surface area contributed by atoms with E-state index in [9.17, 15) is 14.4 Å². The van der Waals surface area contributed by atoms with E-state index in [-0.39, 0.29) is 25.0 Å². The monoisotopic (exact) mass is 436 g/mol. The summed E-state index contributed by atoms with van der Waals surface area (Å²) in [4.78, 5) is 38.7. The summed E-state index contributed by atoms with van der Waals surface area (Å²) in [5, 5.41) is 2.92. The van der Waals surface area contributed by atoms with Crippen molar-refractivity contribution in [1.82, 2.24) is 10.2 Å². The minimum Gasteiger partial charge on any atom is -0.487 e. The van der Waals surface area contributed by atoms with Gasteiger partial charge in [0.1, 0.15) is 12.4 Å². The molecule has 1 N–H and O–H groups in total. The first-order valence-electron chi connectivity index (χ1n) is 10.5. The van der Waals surface area contributed by atoms with Gasteiger partial charge in [-0.05, 0) is 63.1 Å². The SMILES string of the molecule is CCOC(=O)C1=C(COc2ccc(C(C)=O)cc2)N(C)C(=O)N[C@@H]1c1cc(C)ccc1C. The quantitative estimate of drug-likeness (QED) is 0.522. The second kappa shape index (κ2) is 9.68. The number of benzene rings is 2. The van der Waals surface area contributed by atoms with Crippen LogP contribution < -0.4 is 10.1 Å². The molecule has 2 aromatic rings. The molecule has 0 aromatic heterocycles. The molecule has 0 bridgehead atoms. The van der Waals surface area contributed by atoms with E-state index in [2.05, 4.69) is 5.32 Å². The third kappa shape index (κ3) is 4.82. The van der Waals surface area contributed by atoms with Crippen LogP contribution in [0.1, 0.15) is 46.9 Å². The smallest absolute Gasteiger partial charge is 0.338 e. The molecule has 1 aliphatic rings. The topological polar surface area (TPSA) is 84.9 Å². The molecule has 3 rings (SSSR count). The van der Waals surface area contributed by atoms with E-state index in [1.807, 2.05) is 32.0 Å². The number of nitrogens with zero attached hydrogens (tertiary/aromatic N) is 1. The number of likely N-dealkylation sites (N-methyl/N-ethyl adjacent to an activating group) is 1. The second-order valence-electron chi connectivity index (χ2n) is 7.75. The van der Waals surface area contributed by atoms with Crippen LogP contribution in [0.2, 0.25) is 0 Å². The molecule has 7 heteroatoms.